The molecular formula is C18H22ClOP. The lowest BCUT2D eigenvalue weighted by Gasteiger charge is -2.21. The maximum atomic E-state index is 13.4. The van der Waals surface area contributed by atoms with Crippen LogP contribution >= 0.6 is 17.7 Å². The normalized spacial score (nSPS) is 12.1. The van der Waals surface area contributed by atoms with Crippen LogP contribution < -0.4 is 10.6 Å². The molecule has 0 amide bonds. The second-order valence-corrected chi connectivity index (χ2v) is 9.42. The number of hydrogen-bond donors (Lipinski definition) is 0. The lowest BCUT2D eigenvalue weighted by Crippen LogP contribution is -2.20. The third-order valence-electron chi connectivity index (χ3n) is 3.74. The molecule has 0 spiro atoms. The molecule has 0 unspecified atom stereocenters. The fraction of sp³-hybridized carbons (Fsp3) is 0.333. The van der Waals surface area contributed by atoms with Crippen molar-refractivity contribution in [2.75, 3.05) is 0 Å². The van der Waals surface area contributed by atoms with Gasteiger partial charge < -0.3 is 0 Å². The van der Waals surface area contributed by atoms with E-state index >= 15 is 0 Å². The molecule has 2 rings (SSSR count). The minimum absolute atomic E-state index is 0.291. The molecule has 0 aliphatic heterocycles. The molecule has 0 saturated carbocycles. The highest BCUT2D eigenvalue weighted by atomic mass is 35.7. The Kier molecular flexibility index (Phi) is 4.96. The first-order valence-electron chi connectivity index (χ1n) is 7.34. The minimum Gasteiger partial charge on any atom is -0.296 e. The van der Waals surface area contributed by atoms with Gasteiger partial charge in [0, 0.05) is 10.6 Å². The third-order valence-corrected chi connectivity index (χ3v) is 6.88. The Morgan fingerprint density at radius 3 is 1.43 bits per heavy atom. The standard InChI is InChI=1S/C18H22ClOP/c1-13(2)15-9-5-7-11-17(15)21(19,20)18-12-8-6-10-16(18)14(3)4/h5-14H,1-4H3. The molecular weight excluding hydrogens is 299 g/mol. The van der Waals surface area contributed by atoms with Gasteiger partial charge >= 0.3 is 0 Å². The quantitative estimate of drug-likeness (QED) is 0.689. The summed E-state index contributed by atoms with van der Waals surface area (Å²) >= 11 is 6.64. The van der Waals surface area contributed by atoms with Crippen LogP contribution in [0.15, 0.2) is 48.5 Å². The first kappa shape index (κ1) is 16.3. The Labute approximate surface area is 132 Å². The van der Waals surface area contributed by atoms with Gasteiger partial charge in [0.2, 0.25) is 6.49 Å². The Morgan fingerprint density at radius 1 is 0.762 bits per heavy atom. The summed E-state index contributed by atoms with van der Waals surface area (Å²) in [5.74, 6) is 0.582. The van der Waals surface area contributed by atoms with Crippen LogP contribution in [0.3, 0.4) is 0 Å². The number of rotatable bonds is 4. The first-order valence-corrected chi connectivity index (χ1v) is 9.95. The van der Waals surface area contributed by atoms with Crippen LogP contribution in [0.25, 0.3) is 0 Å². The van der Waals surface area contributed by atoms with E-state index < -0.39 is 6.49 Å². The fourth-order valence-corrected chi connectivity index (χ4v) is 5.67. The summed E-state index contributed by atoms with van der Waals surface area (Å²) in [6.45, 7) is 5.30. The highest BCUT2D eigenvalue weighted by Crippen LogP contribution is 2.51. The van der Waals surface area contributed by atoms with Gasteiger partial charge in [-0.1, -0.05) is 64.1 Å². The van der Waals surface area contributed by atoms with Crippen LogP contribution in [-0.2, 0) is 4.57 Å². The van der Waals surface area contributed by atoms with E-state index in [-0.39, 0.29) is 0 Å². The van der Waals surface area contributed by atoms with Gasteiger partial charge in [-0.3, -0.25) is 4.57 Å². The van der Waals surface area contributed by atoms with Crippen LogP contribution in [0.5, 0.6) is 0 Å². The summed E-state index contributed by atoms with van der Waals surface area (Å²) in [7, 11) is 0. The number of benzene rings is 2. The van der Waals surface area contributed by atoms with E-state index in [1.54, 1.807) is 0 Å². The molecule has 0 aliphatic rings. The van der Waals surface area contributed by atoms with Crippen LogP contribution in [0, 0.1) is 0 Å². The fourth-order valence-electron chi connectivity index (χ4n) is 2.61. The van der Waals surface area contributed by atoms with E-state index in [4.69, 9.17) is 11.2 Å². The topological polar surface area (TPSA) is 17.1 Å². The zero-order valence-corrected chi connectivity index (χ0v) is 14.7. The van der Waals surface area contributed by atoms with E-state index in [9.17, 15) is 4.57 Å². The highest BCUT2D eigenvalue weighted by molar-refractivity contribution is 8.00. The molecule has 2 aromatic carbocycles. The monoisotopic (exact) mass is 320 g/mol. The summed E-state index contributed by atoms with van der Waals surface area (Å²) in [6.07, 6.45) is 0. The first-order chi connectivity index (χ1) is 9.85. The molecule has 0 fully saturated rings. The maximum absolute atomic E-state index is 13.4. The van der Waals surface area contributed by atoms with Crippen molar-refractivity contribution in [3.8, 4) is 0 Å². The molecule has 0 aromatic heterocycles. The molecule has 21 heavy (non-hydrogen) atoms. The summed E-state index contributed by atoms with van der Waals surface area (Å²) in [4.78, 5) is 0. The Hall–Kier alpha value is -1.04. The molecule has 3 heteroatoms. The van der Waals surface area contributed by atoms with E-state index in [0.29, 0.717) is 11.8 Å². The lowest BCUT2D eigenvalue weighted by atomic mass is 10.0. The van der Waals surface area contributed by atoms with Crippen LogP contribution in [-0.4, -0.2) is 0 Å². The molecule has 0 bridgehead atoms. The molecule has 112 valence electrons. The summed E-state index contributed by atoms with van der Waals surface area (Å²) < 4.78 is 13.4. The predicted octanol–water partition coefficient (Wildman–Crippen LogP) is 5.40. The van der Waals surface area contributed by atoms with Gasteiger partial charge in [-0.05, 0) is 46.3 Å². The van der Waals surface area contributed by atoms with Gasteiger partial charge in [-0.2, -0.15) is 0 Å². The van der Waals surface area contributed by atoms with Gasteiger partial charge in [0.25, 0.3) is 0 Å². The van der Waals surface area contributed by atoms with Gasteiger partial charge in [0.15, 0.2) is 0 Å². The second kappa shape index (κ2) is 6.38. The van der Waals surface area contributed by atoms with Crippen molar-refractivity contribution in [1.82, 2.24) is 0 Å². The number of halogens is 1. The SMILES string of the molecule is CC(C)c1ccccc1P(=O)(Cl)c1ccccc1C(C)C. The highest BCUT2D eigenvalue weighted by Gasteiger charge is 2.30. The van der Waals surface area contributed by atoms with Crippen molar-refractivity contribution in [2.24, 2.45) is 0 Å². The average molecular weight is 321 g/mol. The van der Waals surface area contributed by atoms with E-state index in [0.717, 1.165) is 21.7 Å². The Balaban J connectivity index is 2.66. The Bertz CT molecular complexity index is 621. The van der Waals surface area contributed by atoms with Crippen molar-refractivity contribution in [3.63, 3.8) is 0 Å². The molecule has 0 atom stereocenters. The van der Waals surface area contributed by atoms with Crippen molar-refractivity contribution in [3.05, 3.63) is 59.7 Å². The van der Waals surface area contributed by atoms with Crippen molar-refractivity contribution < 1.29 is 4.57 Å². The van der Waals surface area contributed by atoms with Gasteiger partial charge in [0.05, 0.1) is 0 Å². The molecule has 0 radical (unpaired) electrons. The molecule has 0 saturated heterocycles. The van der Waals surface area contributed by atoms with Gasteiger partial charge in [-0.15, -0.1) is 0 Å². The van der Waals surface area contributed by atoms with E-state index in [2.05, 4.69) is 27.7 Å². The zero-order valence-electron chi connectivity index (χ0n) is 13.0. The molecule has 2 aromatic rings. The summed E-state index contributed by atoms with van der Waals surface area (Å²) in [5, 5.41) is 1.55. The van der Waals surface area contributed by atoms with Crippen molar-refractivity contribution >= 4 is 28.3 Å². The summed E-state index contributed by atoms with van der Waals surface area (Å²) in [5.41, 5.74) is 2.13. The maximum Gasteiger partial charge on any atom is 0.226 e. The third kappa shape index (κ3) is 3.25. The molecule has 0 heterocycles. The van der Waals surface area contributed by atoms with Crippen LogP contribution in [0.1, 0.15) is 50.7 Å². The van der Waals surface area contributed by atoms with Gasteiger partial charge in [0.1, 0.15) is 0 Å². The van der Waals surface area contributed by atoms with Gasteiger partial charge in [-0.25, -0.2) is 0 Å². The smallest absolute Gasteiger partial charge is 0.226 e. The average Bonchev–Trinajstić information content (AvgIpc) is 2.47. The van der Waals surface area contributed by atoms with Crippen LogP contribution in [0.2, 0.25) is 0 Å². The molecule has 0 aliphatic carbocycles. The molecule has 1 nitrogen and oxygen atoms in total. The summed E-state index contributed by atoms with van der Waals surface area (Å²) in [6, 6.07) is 15.6. The van der Waals surface area contributed by atoms with Crippen molar-refractivity contribution in [2.45, 2.75) is 39.5 Å². The minimum atomic E-state index is -3.11. The van der Waals surface area contributed by atoms with Crippen LogP contribution in [0.4, 0.5) is 0 Å². The predicted molar refractivity (Wildman–Crippen MR) is 93.8 cm³/mol. The van der Waals surface area contributed by atoms with E-state index in [1.807, 2.05) is 48.5 Å². The van der Waals surface area contributed by atoms with E-state index in [1.165, 1.54) is 0 Å². The number of hydrogen-bond acceptors (Lipinski definition) is 1. The largest absolute Gasteiger partial charge is 0.296 e. The second-order valence-electron chi connectivity index (χ2n) is 5.96. The molecule has 0 N–H and O–H groups in total. The zero-order chi connectivity index (χ0) is 15.6. The lowest BCUT2D eigenvalue weighted by molar-refractivity contribution is 0.594. The van der Waals surface area contributed by atoms with Crippen molar-refractivity contribution in [1.29, 1.82) is 0 Å². The Morgan fingerprint density at radius 2 is 1.10 bits per heavy atom.